The Morgan fingerprint density at radius 1 is 0.941 bits per heavy atom. The van der Waals surface area contributed by atoms with Gasteiger partial charge in [-0.1, -0.05) is 58.4 Å². The molecular weight excluding hydrogens is 492 g/mol. The minimum atomic E-state index is 0.0402. The van der Waals surface area contributed by atoms with Gasteiger partial charge in [0, 0.05) is 48.8 Å². The number of amides is 1. The Balaban J connectivity index is 1.32. The van der Waals surface area contributed by atoms with Crippen molar-refractivity contribution in [3.05, 3.63) is 100 Å². The van der Waals surface area contributed by atoms with Crippen molar-refractivity contribution >= 4 is 27.9 Å². The highest BCUT2D eigenvalue weighted by atomic mass is 79.9. The molecule has 5 nitrogen and oxygen atoms in total. The molecule has 0 aromatic heterocycles. The van der Waals surface area contributed by atoms with Crippen molar-refractivity contribution in [2.24, 2.45) is 0 Å². The molecule has 0 bridgehead atoms. The Bertz CT molecular complexity index is 1130. The third-order valence-corrected chi connectivity index (χ3v) is 6.67. The second-order valence-electron chi connectivity index (χ2n) is 8.20. The first-order valence-corrected chi connectivity index (χ1v) is 12.2. The van der Waals surface area contributed by atoms with Crippen molar-refractivity contribution < 1.29 is 14.3 Å². The molecule has 4 rings (SSSR count). The molecule has 1 heterocycles. The molecule has 1 aliphatic rings. The summed E-state index contributed by atoms with van der Waals surface area (Å²) in [6.07, 6.45) is 3.52. The van der Waals surface area contributed by atoms with Gasteiger partial charge in [-0.2, -0.15) is 0 Å². The number of hydrogen-bond donors (Lipinski definition) is 0. The number of carbonyl (C=O) groups is 1. The van der Waals surface area contributed by atoms with Crippen LogP contribution in [0.5, 0.6) is 11.5 Å². The number of rotatable bonds is 8. The van der Waals surface area contributed by atoms with E-state index in [0.29, 0.717) is 6.61 Å². The fraction of sp³-hybridized carbons (Fsp3) is 0.250. The van der Waals surface area contributed by atoms with Gasteiger partial charge in [0.1, 0.15) is 18.1 Å². The lowest BCUT2D eigenvalue weighted by Gasteiger charge is -2.34. The van der Waals surface area contributed by atoms with Crippen molar-refractivity contribution in [3.63, 3.8) is 0 Å². The zero-order chi connectivity index (χ0) is 23.8. The summed E-state index contributed by atoms with van der Waals surface area (Å²) in [5.41, 5.74) is 3.14. The van der Waals surface area contributed by atoms with Gasteiger partial charge < -0.3 is 14.4 Å². The minimum Gasteiger partial charge on any atom is -0.496 e. The van der Waals surface area contributed by atoms with Gasteiger partial charge in [-0.25, -0.2) is 0 Å². The molecular formula is C28H29BrN2O3. The maximum absolute atomic E-state index is 12.8. The standard InChI is InChI=1S/C28H29BrN2O3/c1-33-27-13-11-22(19-24(27)21-34-25-8-3-2-4-9-25)12-14-28(32)31-17-15-30(16-18-31)20-23-7-5-6-10-26(23)29/h2-14,19H,15-18,20-21H2,1H3/b14-12+. The van der Waals surface area contributed by atoms with Gasteiger partial charge in [0.25, 0.3) is 0 Å². The van der Waals surface area contributed by atoms with Gasteiger partial charge in [0.2, 0.25) is 5.91 Å². The maximum Gasteiger partial charge on any atom is 0.246 e. The van der Waals surface area contributed by atoms with E-state index in [-0.39, 0.29) is 5.91 Å². The lowest BCUT2D eigenvalue weighted by Crippen LogP contribution is -2.47. The zero-order valence-corrected chi connectivity index (χ0v) is 20.9. The maximum atomic E-state index is 12.8. The minimum absolute atomic E-state index is 0.0402. The van der Waals surface area contributed by atoms with Gasteiger partial charge in [-0.3, -0.25) is 9.69 Å². The molecule has 1 aliphatic heterocycles. The topological polar surface area (TPSA) is 42.0 Å². The Hall–Kier alpha value is -3.09. The third-order valence-electron chi connectivity index (χ3n) is 5.90. The Morgan fingerprint density at radius 2 is 1.68 bits per heavy atom. The van der Waals surface area contributed by atoms with Crippen LogP contribution in [0.3, 0.4) is 0 Å². The number of nitrogens with zero attached hydrogens (tertiary/aromatic N) is 2. The fourth-order valence-corrected chi connectivity index (χ4v) is 4.37. The lowest BCUT2D eigenvalue weighted by molar-refractivity contribution is -0.127. The van der Waals surface area contributed by atoms with E-state index in [9.17, 15) is 4.79 Å². The van der Waals surface area contributed by atoms with E-state index >= 15 is 0 Å². The SMILES string of the molecule is COc1ccc(/C=C/C(=O)N2CCN(Cc3ccccc3Br)CC2)cc1COc1ccccc1. The van der Waals surface area contributed by atoms with Gasteiger partial charge in [-0.15, -0.1) is 0 Å². The molecule has 1 amide bonds. The average Bonchev–Trinajstić information content (AvgIpc) is 2.88. The Kier molecular flexibility index (Phi) is 8.39. The predicted molar refractivity (Wildman–Crippen MR) is 139 cm³/mol. The summed E-state index contributed by atoms with van der Waals surface area (Å²) in [5, 5.41) is 0. The first-order chi connectivity index (χ1) is 16.6. The van der Waals surface area contributed by atoms with Crippen LogP contribution in [0.25, 0.3) is 6.08 Å². The van der Waals surface area contributed by atoms with E-state index < -0.39 is 0 Å². The summed E-state index contributed by atoms with van der Waals surface area (Å²) in [7, 11) is 1.65. The molecule has 1 fully saturated rings. The number of ether oxygens (including phenoxy) is 2. The van der Waals surface area contributed by atoms with Crippen molar-refractivity contribution in [1.29, 1.82) is 0 Å². The molecule has 0 spiro atoms. The molecule has 0 N–H and O–H groups in total. The van der Waals surface area contributed by atoms with Gasteiger partial charge >= 0.3 is 0 Å². The van der Waals surface area contributed by atoms with E-state index in [0.717, 1.165) is 59.8 Å². The number of benzene rings is 3. The Labute approximate surface area is 209 Å². The van der Waals surface area contributed by atoms with Gasteiger partial charge in [0.05, 0.1) is 7.11 Å². The summed E-state index contributed by atoms with van der Waals surface area (Å²) in [4.78, 5) is 17.1. The first kappa shape index (κ1) is 24.0. The first-order valence-electron chi connectivity index (χ1n) is 11.4. The van der Waals surface area contributed by atoms with Crippen molar-refractivity contribution in [2.75, 3.05) is 33.3 Å². The fourth-order valence-electron chi connectivity index (χ4n) is 3.96. The molecule has 0 aliphatic carbocycles. The second kappa shape index (κ2) is 11.9. The van der Waals surface area contributed by atoms with Crippen LogP contribution >= 0.6 is 15.9 Å². The smallest absolute Gasteiger partial charge is 0.246 e. The highest BCUT2D eigenvalue weighted by molar-refractivity contribution is 9.10. The van der Waals surface area contributed by atoms with E-state index in [1.54, 1.807) is 13.2 Å². The summed E-state index contributed by atoms with van der Waals surface area (Å²) >= 11 is 3.62. The van der Waals surface area contributed by atoms with Crippen LogP contribution in [-0.4, -0.2) is 49.0 Å². The molecule has 176 valence electrons. The molecule has 0 saturated carbocycles. The summed E-state index contributed by atoms with van der Waals surface area (Å²) < 4.78 is 12.5. The van der Waals surface area contributed by atoms with Crippen LogP contribution in [0.4, 0.5) is 0 Å². The second-order valence-corrected chi connectivity index (χ2v) is 9.05. The van der Waals surface area contributed by atoms with Gasteiger partial charge in [0.15, 0.2) is 0 Å². The molecule has 0 unspecified atom stereocenters. The number of hydrogen-bond acceptors (Lipinski definition) is 4. The number of piperazine rings is 1. The van der Waals surface area contributed by atoms with Crippen LogP contribution < -0.4 is 9.47 Å². The third kappa shape index (κ3) is 6.49. The van der Waals surface area contributed by atoms with Crippen molar-refractivity contribution in [3.8, 4) is 11.5 Å². The van der Waals surface area contributed by atoms with E-state index in [1.165, 1.54) is 5.56 Å². The lowest BCUT2D eigenvalue weighted by atomic mass is 10.1. The highest BCUT2D eigenvalue weighted by Gasteiger charge is 2.20. The van der Waals surface area contributed by atoms with Gasteiger partial charge in [-0.05, 0) is 47.5 Å². The number of para-hydroxylation sites is 1. The number of carbonyl (C=O) groups excluding carboxylic acids is 1. The summed E-state index contributed by atoms with van der Waals surface area (Å²) in [6, 6.07) is 23.8. The van der Waals surface area contributed by atoms with Crippen LogP contribution in [-0.2, 0) is 17.9 Å². The molecule has 3 aromatic carbocycles. The summed E-state index contributed by atoms with van der Waals surface area (Å²) in [5.74, 6) is 1.61. The monoisotopic (exact) mass is 520 g/mol. The van der Waals surface area contributed by atoms with E-state index in [1.807, 2.05) is 65.6 Å². The molecule has 1 saturated heterocycles. The van der Waals surface area contributed by atoms with Crippen LogP contribution in [0.2, 0.25) is 0 Å². The average molecular weight is 521 g/mol. The van der Waals surface area contributed by atoms with Crippen LogP contribution in [0.1, 0.15) is 16.7 Å². The zero-order valence-electron chi connectivity index (χ0n) is 19.3. The predicted octanol–water partition coefficient (Wildman–Crippen LogP) is 5.39. The molecule has 0 radical (unpaired) electrons. The Morgan fingerprint density at radius 3 is 2.41 bits per heavy atom. The van der Waals surface area contributed by atoms with Crippen LogP contribution in [0.15, 0.2) is 83.3 Å². The molecule has 3 aromatic rings. The highest BCUT2D eigenvalue weighted by Crippen LogP contribution is 2.23. The van der Waals surface area contributed by atoms with Crippen molar-refractivity contribution in [2.45, 2.75) is 13.2 Å². The largest absolute Gasteiger partial charge is 0.496 e. The van der Waals surface area contributed by atoms with E-state index in [2.05, 4.69) is 39.0 Å². The molecule has 0 atom stereocenters. The number of halogens is 1. The molecule has 6 heteroatoms. The summed E-state index contributed by atoms with van der Waals surface area (Å²) in [6.45, 7) is 4.47. The number of methoxy groups -OCH3 is 1. The normalized spacial score (nSPS) is 14.4. The van der Waals surface area contributed by atoms with Crippen LogP contribution in [0, 0.1) is 0 Å². The molecule has 34 heavy (non-hydrogen) atoms. The van der Waals surface area contributed by atoms with E-state index in [4.69, 9.17) is 9.47 Å². The van der Waals surface area contributed by atoms with Crippen molar-refractivity contribution in [1.82, 2.24) is 9.80 Å². The quantitative estimate of drug-likeness (QED) is 0.373.